The van der Waals surface area contributed by atoms with Crippen molar-refractivity contribution in [3.8, 4) is 0 Å². The molecule has 0 amide bonds. The summed E-state index contributed by atoms with van der Waals surface area (Å²) in [6.07, 6.45) is 4.63. The van der Waals surface area contributed by atoms with E-state index in [9.17, 15) is 0 Å². The van der Waals surface area contributed by atoms with Crippen LogP contribution in [-0.2, 0) is 0 Å². The summed E-state index contributed by atoms with van der Waals surface area (Å²) >= 11 is 7.56. The smallest absolute Gasteiger partial charge is 0.123 e. The van der Waals surface area contributed by atoms with Crippen LogP contribution < -0.4 is 5.32 Å². The zero-order valence-electron chi connectivity index (χ0n) is 9.90. The van der Waals surface area contributed by atoms with Crippen LogP contribution in [0.2, 0.25) is 4.34 Å². The summed E-state index contributed by atoms with van der Waals surface area (Å²) in [5.74, 6) is 0.988. The minimum Gasteiger partial charge on any atom is -0.347 e. The molecule has 0 fully saturated rings. The van der Waals surface area contributed by atoms with E-state index in [1.807, 2.05) is 12.3 Å². The van der Waals surface area contributed by atoms with E-state index in [0.717, 1.165) is 16.6 Å². The minimum absolute atomic E-state index is 0.251. The molecule has 0 spiro atoms. The molecule has 2 heterocycles. The van der Waals surface area contributed by atoms with Crippen molar-refractivity contribution in [3.05, 3.63) is 39.6 Å². The fraction of sp³-hybridized carbons (Fsp3) is 0.417. The van der Waals surface area contributed by atoms with Gasteiger partial charge >= 0.3 is 0 Å². The van der Waals surface area contributed by atoms with Gasteiger partial charge in [-0.05, 0) is 25.5 Å². The van der Waals surface area contributed by atoms with Gasteiger partial charge < -0.3 is 4.98 Å². The normalized spacial score (nSPS) is 14.8. The number of nitrogens with one attached hydrogen (secondary N) is 2. The van der Waals surface area contributed by atoms with Crippen LogP contribution in [0.3, 0.4) is 0 Å². The lowest BCUT2D eigenvalue weighted by Gasteiger charge is -2.19. The van der Waals surface area contributed by atoms with Crippen LogP contribution in [0.15, 0.2) is 24.5 Å². The van der Waals surface area contributed by atoms with Crippen molar-refractivity contribution in [1.82, 2.24) is 15.3 Å². The molecule has 0 aliphatic rings. The van der Waals surface area contributed by atoms with E-state index >= 15 is 0 Å². The van der Waals surface area contributed by atoms with Crippen molar-refractivity contribution in [3.63, 3.8) is 0 Å². The fourth-order valence-corrected chi connectivity index (χ4v) is 2.88. The Morgan fingerprint density at radius 2 is 2.35 bits per heavy atom. The summed E-state index contributed by atoms with van der Waals surface area (Å²) in [6.45, 7) is 4.29. The zero-order valence-corrected chi connectivity index (χ0v) is 11.5. The summed E-state index contributed by atoms with van der Waals surface area (Å²) < 4.78 is 0.833. The lowest BCUT2D eigenvalue weighted by Crippen LogP contribution is -2.24. The summed E-state index contributed by atoms with van der Waals surface area (Å²) in [5, 5.41) is 3.56. The molecule has 2 aromatic heterocycles. The van der Waals surface area contributed by atoms with Gasteiger partial charge in [0.2, 0.25) is 0 Å². The van der Waals surface area contributed by atoms with E-state index in [1.54, 1.807) is 17.5 Å². The maximum atomic E-state index is 5.95. The Bertz CT molecular complexity index is 452. The third kappa shape index (κ3) is 3.09. The molecule has 0 saturated heterocycles. The highest BCUT2D eigenvalue weighted by molar-refractivity contribution is 7.16. The van der Waals surface area contributed by atoms with Crippen LogP contribution in [-0.4, -0.2) is 9.97 Å². The first-order valence-corrected chi connectivity index (χ1v) is 6.90. The van der Waals surface area contributed by atoms with E-state index < -0.39 is 0 Å². The van der Waals surface area contributed by atoms with Crippen molar-refractivity contribution in [2.24, 2.45) is 0 Å². The highest BCUT2D eigenvalue weighted by Gasteiger charge is 2.16. The molecule has 5 heteroatoms. The number of rotatable bonds is 5. The number of aromatic amines is 1. The Morgan fingerprint density at radius 1 is 1.53 bits per heavy atom. The number of hydrogen-bond acceptors (Lipinski definition) is 3. The molecule has 0 bridgehead atoms. The van der Waals surface area contributed by atoms with Gasteiger partial charge in [-0.2, -0.15) is 0 Å². The topological polar surface area (TPSA) is 40.7 Å². The third-order valence-corrected chi connectivity index (χ3v) is 4.14. The average Bonchev–Trinajstić information content (AvgIpc) is 2.96. The van der Waals surface area contributed by atoms with Gasteiger partial charge in [-0.1, -0.05) is 18.5 Å². The Balaban J connectivity index is 2.04. The molecule has 3 nitrogen and oxygen atoms in total. The maximum Gasteiger partial charge on any atom is 0.123 e. The van der Waals surface area contributed by atoms with Crippen LogP contribution in [0.25, 0.3) is 0 Å². The quantitative estimate of drug-likeness (QED) is 0.864. The molecule has 2 aromatic rings. The van der Waals surface area contributed by atoms with Crippen LogP contribution in [0, 0.1) is 0 Å². The molecule has 2 unspecified atom stereocenters. The van der Waals surface area contributed by atoms with Gasteiger partial charge in [0.25, 0.3) is 0 Å². The molecule has 0 radical (unpaired) electrons. The summed E-state index contributed by atoms with van der Waals surface area (Å²) in [7, 11) is 0. The number of aromatic nitrogens is 2. The Labute approximate surface area is 110 Å². The number of halogens is 1. The van der Waals surface area contributed by atoms with E-state index in [2.05, 4.69) is 35.2 Å². The highest BCUT2D eigenvalue weighted by atomic mass is 35.5. The van der Waals surface area contributed by atoms with Crippen molar-refractivity contribution in [1.29, 1.82) is 0 Å². The van der Waals surface area contributed by atoms with Gasteiger partial charge in [0.1, 0.15) is 5.82 Å². The number of hydrogen-bond donors (Lipinski definition) is 2. The molecule has 2 atom stereocenters. The van der Waals surface area contributed by atoms with E-state index in [0.29, 0.717) is 0 Å². The van der Waals surface area contributed by atoms with E-state index in [-0.39, 0.29) is 12.1 Å². The second-order valence-corrected chi connectivity index (χ2v) is 5.71. The van der Waals surface area contributed by atoms with Gasteiger partial charge in [0.15, 0.2) is 0 Å². The van der Waals surface area contributed by atoms with Gasteiger partial charge in [-0.25, -0.2) is 4.98 Å². The zero-order chi connectivity index (χ0) is 12.3. The average molecular weight is 270 g/mol. The lowest BCUT2D eigenvalue weighted by atomic mass is 10.1. The second-order valence-electron chi connectivity index (χ2n) is 3.97. The number of thiophene rings is 1. The summed E-state index contributed by atoms with van der Waals surface area (Å²) in [5.41, 5.74) is 0. The SMILES string of the molecule is CCC(NC(C)c1ccc(Cl)s1)c1ncc[nH]1. The van der Waals surface area contributed by atoms with Gasteiger partial charge in [-0.3, -0.25) is 5.32 Å². The van der Waals surface area contributed by atoms with Crippen LogP contribution in [0.1, 0.15) is 43.1 Å². The van der Waals surface area contributed by atoms with Crippen LogP contribution in [0.4, 0.5) is 0 Å². The first-order chi connectivity index (χ1) is 8.20. The Kier molecular flexibility index (Phi) is 4.20. The summed E-state index contributed by atoms with van der Waals surface area (Å²) in [6, 6.07) is 4.54. The molecular formula is C12H16ClN3S. The predicted molar refractivity (Wildman–Crippen MR) is 72.5 cm³/mol. The highest BCUT2D eigenvalue weighted by Crippen LogP contribution is 2.28. The fourth-order valence-electron chi connectivity index (χ4n) is 1.80. The van der Waals surface area contributed by atoms with Gasteiger partial charge in [0, 0.05) is 23.3 Å². The molecule has 0 aromatic carbocycles. The van der Waals surface area contributed by atoms with Crippen LogP contribution >= 0.6 is 22.9 Å². The Morgan fingerprint density at radius 3 is 2.88 bits per heavy atom. The predicted octanol–water partition coefficient (Wildman–Crippen LogP) is 3.93. The van der Waals surface area contributed by atoms with Crippen LogP contribution in [0.5, 0.6) is 0 Å². The minimum atomic E-state index is 0.251. The molecule has 2 N–H and O–H groups in total. The van der Waals surface area contributed by atoms with E-state index in [1.165, 1.54) is 4.88 Å². The Hall–Kier alpha value is -0.840. The second kappa shape index (κ2) is 5.67. The van der Waals surface area contributed by atoms with E-state index in [4.69, 9.17) is 11.6 Å². The van der Waals surface area contributed by atoms with Crippen molar-refractivity contribution < 1.29 is 0 Å². The molecule has 92 valence electrons. The molecule has 0 aliphatic carbocycles. The molecule has 2 rings (SSSR count). The number of imidazole rings is 1. The first-order valence-electron chi connectivity index (χ1n) is 5.71. The van der Waals surface area contributed by atoms with Gasteiger partial charge in [0.05, 0.1) is 10.4 Å². The largest absolute Gasteiger partial charge is 0.347 e. The summed E-state index contributed by atoms with van der Waals surface area (Å²) in [4.78, 5) is 8.70. The third-order valence-electron chi connectivity index (χ3n) is 2.73. The lowest BCUT2D eigenvalue weighted by molar-refractivity contribution is 0.445. The first kappa shape index (κ1) is 12.6. The molecular weight excluding hydrogens is 254 g/mol. The number of H-pyrrole nitrogens is 1. The monoisotopic (exact) mass is 269 g/mol. The van der Waals surface area contributed by atoms with Gasteiger partial charge in [-0.15, -0.1) is 11.3 Å². The maximum absolute atomic E-state index is 5.95. The molecule has 0 saturated carbocycles. The number of nitrogens with zero attached hydrogens (tertiary/aromatic N) is 1. The van der Waals surface area contributed by atoms with Crippen molar-refractivity contribution in [2.45, 2.75) is 32.4 Å². The standard InChI is InChI=1S/C12H16ClN3S/c1-3-9(12-14-6-7-15-12)16-8(2)10-4-5-11(13)17-10/h4-9,16H,3H2,1-2H3,(H,14,15). The molecule has 0 aliphatic heterocycles. The van der Waals surface area contributed by atoms with Crippen molar-refractivity contribution >= 4 is 22.9 Å². The van der Waals surface area contributed by atoms with Crippen molar-refractivity contribution in [2.75, 3.05) is 0 Å². The molecule has 17 heavy (non-hydrogen) atoms.